The molecule has 648 valence electrons. The zero-order chi connectivity index (χ0) is 91.0. The molecule has 1 aliphatic rings. The van der Waals surface area contributed by atoms with E-state index >= 15 is 0 Å². The zero-order valence-corrected chi connectivity index (χ0v) is 82.1. The number of rotatable bonds is 12. The average Bonchev–Trinajstić information content (AvgIpc) is 0.941. The Hall–Kier alpha value is -10.8. The van der Waals surface area contributed by atoms with Gasteiger partial charge in [-0.25, -0.2) is 27.2 Å². The molecule has 1 aliphatic carbocycles. The van der Waals surface area contributed by atoms with Crippen molar-refractivity contribution in [2.24, 2.45) is 35.2 Å². The highest BCUT2D eigenvalue weighted by Gasteiger charge is 2.29. The summed E-state index contributed by atoms with van der Waals surface area (Å²) in [6.45, 7) is 59.7. The fourth-order valence-electron chi connectivity index (χ4n) is 18.6. The first-order valence-corrected chi connectivity index (χ1v) is 46.3. The Kier molecular flexibility index (Phi) is 28.8. The summed E-state index contributed by atoms with van der Waals surface area (Å²) in [5.74, 6) is 3.90. The molecule has 0 N–H and O–H groups in total. The Morgan fingerprint density at radius 1 is 0.272 bits per heavy atom. The van der Waals surface area contributed by atoms with Crippen molar-refractivity contribution in [1.29, 1.82) is 0 Å². The normalized spacial score (nSPS) is 12.5. The van der Waals surface area contributed by atoms with E-state index in [-0.39, 0.29) is 11.2 Å². The van der Waals surface area contributed by atoms with E-state index in [4.69, 9.17) is 0 Å². The Balaban J connectivity index is 0.000000142. The molecular formula is C119H145FN5+5. The Bertz CT molecular complexity index is 6560. The van der Waals surface area contributed by atoms with Crippen LogP contribution in [0.15, 0.2) is 207 Å². The molecule has 0 saturated heterocycles. The van der Waals surface area contributed by atoms with Crippen LogP contribution < -0.4 is 22.8 Å². The Morgan fingerprint density at radius 3 is 0.872 bits per heavy atom. The minimum atomic E-state index is -0.0961. The molecule has 5 nitrogen and oxygen atoms in total. The highest BCUT2D eigenvalue weighted by Crippen LogP contribution is 2.43. The quantitative estimate of drug-likeness (QED) is 0.109. The molecule has 15 aromatic rings. The third-order valence-electron chi connectivity index (χ3n) is 27.6. The Labute approximate surface area is 751 Å². The predicted octanol–water partition coefficient (Wildman–Crippen LogP) is 30.2. The second-order valence-electron chi connectivity index (χ2n) is 39.8. The van der Waals surface area contributed by atoms with Gasteiger partial charge < -0.3 is 0 Å². The maximum absolute atomic E-state index is 14.2. The standard InChI is InChI=1S/C26H32N.C25H32N.C24H30N.C22H25FN.C22H26N/c1-17(2)21-10-11-24-22(15-21)12-13-27(5)26(24)25-16-23(14-18(3)19(25)4)20-8-6-7-9-20;1-16(2)19-9-10-22-20(14-19)11-12-26(8)24(22)23-15-21(25(5,6)7)13-17(3)18(23)4;1-15(2)19-8-9-22-20(13-19)10-11-25(7)24(22)23-14-21(16(3)4)12-17(5)18(23)6;1-13(2)17-7-8-19-18(12-17)9-10-24(6)22(19)20-11-14(3)21(23)16(5)15(20)4;1-14(2)18-7-8-20-19(13-18)9-10-23(6)22(20)21-12-15(3)11-16(4)17(21)5/h10-17,20H,6-9H2,1-5H3;9-16H,1-8H3;8-16H,1-7H3;7-13H,1-6H3;7-14H,1-6H3/q5*+1. The van der Waals surface area contributed by atoms with Crippen LogP contribution in [0, 0.1) is 88.9 Å². The largest absolute Gasteiger partial charge is 0.220 e. The van der Waals surface area contributed by atoms with Gasteiger partial charge in [0, 0.05) is 30.3 Å². The molecular weight excluding hydrogens is 1520 g/mol. The molecule has 0 atom stereocenters. The summed E-state index contributed by atoms with van der Waals surface area (Å²) >= 11 is 0. The summed E-state index contributed by atoms with van der Waals surface area (Å²) in [4.78, 5) is 0. The van der Waals surface area contributed by atoms with Crippen LogP contribution in [0.2, 0.25) is 0 Å². The van der Waals surface area contributed by atoms with Gasteiger partial charge in [0.15, 0.2) is 31.0 Å². The number of hydrogen-bond donors (Lipinski definition) is 0. The lowest BCUT2D eigenvalue weighted by Gasteiger charge is -2.22. The molecule has 6 heteroatoms. The van der Waals surface area contributed by atoms with Crippen molar-refractivity contribution in [3.63, 3.8) is 0 Å². The smallest absolute Gasteiger partial charge is 0.206 e. The van der Waals surface area contributed by atoms with Gasteiger partial charge in [0.05, 0.1) is 54.7 Å². The van der Waals surface area contributed by atoms with Gasteiger partial charge in [0.1, 0.15) is 41.1 Å². The number of pyridine rings is 5. The molecule has 125 heavy (non-hydrogen) atoms. The van der Waals surface area contributed by atoms with Crippen LogP contribution in [0.5, 0.6) is 0 Å². The van der Waals surface area contributed by atoms with E-state index < -0.39 is 0 Å². The van der Waals surface area contributed by atoms with Gasteiger partial charge in [-0.1, -0.05) is 207 Å². The third-order valence-corrected chi connectivity index (χ3v) is 27.6. The summed E-state index contributed by atoms with van der Waals surface area (Å²) < 4.78 is 25.5. The monoisotopic (exact) mass is 1660 g/mol. The van der Waals surface area contributed by atoms with Crippen LogP contribution in [0.25, 0.3) is 110 Å². The fourth-order valence-corrected chi connectivity index (χ4v) is 18.6. The highest BCUT2D eigenvalue weighted by molar-refractivity contribution is 5.99. The number of aryl methyl sites for hydroxylation is 11. The minimum absolute atomic E-state index is 0.0961. The van der Waals surface area contributed by atoms with Gasteiger partial charge in [-0.15, -0.1) is 0 Å². The molecule has 0 aliphatic heterocycles. The van der Waals surface area contributed by atoms with E-state index in [1.54, 1.807) is 5.56 Å². The Morgan fingerprint density at radius 2 is 0.552 bits per heavy atom. The molecule has 16 rings (SSSR count). The zero-order valence-electron chi connectivity index (χ0n) is 82.1. The first-order chi connectivity index (χ1) is 59.0. The maximum Gasteiger partial charge on any atom is 0.220 e. The first-order valence-electron chi connectivity index (χ1n) is 46.3. The maximum atomic E-state index is 14.2. The minimum Gasteiger partial charge on any atom is -0.206 e. The second kappa shape index (κ2) is 38.6. The van der Waals surface area contributed by atoms with E-state index in [9.17, 15) is 4.39 Å². The van der Waals surface area contributed by atoms with E-state index in [1.165, 1.54) is 214 Å². The SMILES string of the molecule is Cc1cc(-c2c3ccc(C(C)C)cc3cc[n+]2C)c(C)c(C)c1F.Cc1cc(C(C)(C)C)cc(-c2c3ccc(C(C)C)cc3cc[n+]2C)c1C.Cc1cc(C(C)C)cc(-c2c3ccc(C(C)C)cc3cc[n+]2C)c1C.Cc1cc(C)c(C)c(-c2c3ccc(C(C)C)cc3cc[n+]2C)c1.Cc1cc(C2CCCC2)cc(-c2c3ccc(C(C)C)cc3cc[n+]2C)c1C. The molecule has 10 aromatic carbocycles. The second-order valence-corrected chi connectivity index (χ2v) is 39.8. The van der Waals surface area contributed by atoms with Crippen molar-refractivity contribution in [3.05, 3.63) is 324 Å². The fraction of sp³-hybridized carbons (Fsp3) is 0.370. The molecule has 0 unspecified atom stereocenters. The molecule has 0 spiro atoms. The summed E-state index contributed by atoms with van der Waals surface area (Å²) in [5.41, 5.74) is 39.2. The van der Waals surface area contributed by atoms with Gasteiger partial charge in [0.2, 0.25) is 28.5 Å². The lowest BCUT2D eigenvalue weighted by Crippen LogP contribution is -2.31. The van der Waals surface area contributed by atoms with Crippen LogP contribution in [-0.2, 0) is 40.7 Å². The van der Waals surface area contributed by atoms with Crippen molar-refractivity contribution in [2.75, 3.05) is 0 Å². The van der Waals surface area contributed by atoms with Gasteiger partial charge in [-0.2, -0.15) is 0 Å². The number of aromatic nitrogens is 5. The van der Waals surface area contributed by atoms with Gasteiger partial charge in [0.25, 0.3) is 0 Å². The van der Waals surface area contributed by atoms with Gasteiger partial charge in [-0.05, 0) is 336 Å². The average molecular weight is 1660 g/mol. The highest BCUT2D eigenvalue weighted by atomic mass is 19.1. The molecule has 1 saturated carbocycles. The molecule has 5 heterocycles. The summed E-state index contributed by atoms with van der Waals surface area (Å²) in [6, 6.07) is 66.5. The lowest BCUT2D eigenvalue weighted by molar-refractivity contribution is -0.659. The van der Waals surface area contributed by atoms with Crippen LogP contribution >= 0.6 is 0 Å². The van der Waals surface area contributed by atoms with Crippen LogP contribution in [-0.4, -0.2) is 0 Å². The number of nitrogens with zero attached hydrogens (tertiary/aromatic N) is 5. The van der Waals surface area contributed by atoms with Crippen molar-refractivity contribution in [3.8, 4) is 56.3 Å². The lowest BCUT2D eigenvalue weighted by atomic mass is 9.82. The van der Waals surface area contributed by atoms with E-state index in [2.05, 4.69) is 425 Å². The first kappa shape index (κ1) is 93.3. The van der Waals surface area contributed by atoms with Crippen LogP contribution in [0.1, 0.15) is 282 Å². The molecule has 0 radical (unpaired) electrons. The van der Waals surface area contributed by atoms with E-state index in [0.29, 0.717) is 41.1 Å². The topological polar surface area (TPSA) is 19.4 Å². The summed E-state index contributed by atoms with van der Waals surface area (Å²) in [5, 5.41) is 13.1. The number of benzene rings is 10. The molecule has 5 aromatic heterocycles. The van der Waals surface area contributed by atoms with Crippen LogP contribution in [0.4, 0.5) is 4.39 Å². The summed E-state index contributed by atoms with van der Waals surface area (Å²) in [6.07, 6.45) is 16.3. The summed E-state index contributed by atoms with van der Waals surface area (Å²) in [7, 11) is 10.7. The number of hydrogen-bond acceptors (Lipinski definition) is 0. The van der Waals surface area contributed by atoms with Crippen molar-refractivity contribution in [1.82, 2.24) is 0 Å². The van der Waals surface area contributed by atoms with Crippen LogP contribution in [0.3, 0.4) is 0 Å². The third kappa shape index (κ3) is 20.0. The molecule has 0 amide bonds. The van der Waals surface area contributed by atoms with Crippen molar-refractivity contribution in [2.45, 2.75) is 259 Å². The predicted molar refractivity (Wildman–Crippen MR) is 534 cm³/mol. The molecule has 0 bridgehead atoms. The number of fused-ring (bicyclic) bond motifs is 5. The van der Waals surface area contributed by atoms with Crippen molar-refractivity contribution >= 4 is 53.9 Å². The van der Waals surface area contributed by atoms with Gasteiger partial charge in [-0.3, -0.25) is 0 Å². The number of halogens is 1. The van der Waals surface area contributed by atoms with E-state index in [0.717, 1.165) is 28.3 Å². The van der Waals surface area contributed by atoms with E-state index in [1.807, 2.05) is 26.8 Å². The van der Waals surface area contributed by atoms with Gasteiger partial charge >= 0.3 is 0 Å². The molecule has 1 fully saturated rings. The van der Waals surface area contributed by atoms with Crippen molar-refractivity contribution < 1.29 is 27.2 Å².